The lowest BCUT2D eigenvalue weighted by molar-refractivity contribution is -0.128. The van der Waals surface area contributed by atoms with Crippen LogP contribution in [0.2, 0.25) is 0 Å². The Kier molecular flexibility index (Phi) is 7.58. The lowest BCUT2D eigenvalue weighted by Gasteiger charge is -2.24. The van der Waals surface area contributed by atoms with E-state index in [-0.39, 0.29) is 36.7 Å². The van der Waals surface area contributed by atoms with Gasteiger partial charge in [0.15, 0.2) is 12.0 Å². The first kappa shape index (κ1) is 26.7. The summed E-state index contributed by atoms with van der Waals surface area (Å²) in [6.07, 6.45) is 2.13. The third-order valence-corrected chi connectivity index (χ3v) is 7.07. The largest absolute Gasteiger partial charge is 0.360 e. The normalized spacial score (nSPS) is 15.2. The zero-order chi connectivity index (χ0) is 27.7. The molecule has 1 aliphatic rings. The summed E-state index contributed by atoms with van der Waals surface area (Å²) in [6.45, 7) is 4.94. The van der Waals surface area contributed by atoms with Crippen molar-refractivity contribution in [3.63, 3.8) is 0 Å². The fourth-order valence-electron chi connectivity index (χ4n) is 4.60. The number of carbonyl (C=O) groups is 1. The molecule has 1 amide bonds. The van der Waals surface area contributed by atoms with Crippen molar-refractivity contribution in [3.05, 3.63) is 112 Å². The number of nitrogens with zero attached hydrogens (tertiary/aromatic N) is 3. The SMILES string of the molecule is C=CNc1c(C)cc(F)c(CCN2C(=O)COC2c2cn(-c3ccc(Br)cc3)nc2-c2ccc(F)cc2)c1F. The monoisotopic (exact) mass is 596 g/mol. The van der Waals surface area contributed by atoms with Crippen LogP contribution in [0.1, 0.15) is 22.9 Å². The van der Waals surface area contributed by atoms with Crippen molar-refractivity contribution in [1.29, 1.82) is 0 Å². The summed E-state index contributed by atoms with van der Waals surface area (Å²) in [5.41, 5.74) is 2.83. The second-order valence-electron chi connectivity index (χ2n) is 9.05. The van der Waals surface area contributed by atoms with Gasteiger partial charge >= 0.3 is 0 Å². The molecule has 2 heterocycles. The lowest BCUT2D eigenvalue weighted by Crippen LogP contribution is -2.31. The van der Waals surface area contributed by atoms with Gasteiger partial charge in [-0.3, -0.25) is 4.79 Å². The summed E-state index contributed by atoms with van der Waals surface area (Å²) in [5, 5.41) is 7.44. The highest BCUT2D eigenvalue weighted by Gasteiger charge is 2.36. The number of halogens is 4. The summed E-state index contributed by atoms with van der Waals surface area (Å²) in [7, 11) is 0. The Morgan fingerprint density at radius 2 is 1.87 bits per heavy atom. The van der Waals surface area contributed by atoms with E-state index >= 15 is 4.39 Å². The highest BCUT2D eigenvalue weighted by molar-refractivity contribution is 9.10. The molecular weight excluding hydrogens is 573 g/mol. The first-order valence-electron chi connectivity index (χ1n) is 12.1. The van der Waals surface area contributed by atoms with Crippen LogP contribution in [0.25, 0.3) is 16.9 Å². The second kappa shape index (κ2) is 11.1. The molecule has 4 aromatic rings. The van der Waals surface area contributed by atoms with E-state index in [4.69, 9.17) is 9.84 Å². The van der Waals surface area contributed by atoms with Crippen molar-refractivity contribution in [2.75, 3.05) is 18.5 Å². The summed E-state index contributed by atoms with van der Waals surface area (Å²) in [4.78, 5) is 14.3. The number of benzene rings is 3. The first-order valence-corrected chi connectivity index (χ1v) is 12.9. The minimum atomic E-state index is -0.857. The van der Waals surface area contributed by atoms with Gasteiger partial charge in [-0.2, -0.15) is 5.10 Å². The third-order valence-electron chi connectivity index (χ3n) is 6.54. The number of hydrogen-bond donors (Lipinski definition) is 1. The van der Waals surface area contributed by atoms with E-state index in [1.54, 1.807) is 29.9 Å². The van der Waals surface area contributed by atoms with Gasteiger partial charge < -0.3 is 15.0 Å². The van der Waals surface area contributed by atoms with Crippen molar-refractivity contribution in [2.45, 2.75) is 19.6 Å². The van der Waals surface area contributed by atoms with Gasteiger partial charge in [-0.05, 0) is 79.7 Å². The Morgan fingerprint density at radius 1 is 1.15 bits per heavy atom. The summed E-state index contributed by atoms with van der Waals surface area (Å²) in [5.74, 6) is -2.14. The van der Waals surface area contributed by atoms with Gasteiger partial charge in [0, 0.05) is 33.9 Å². The number of anilines is 1. The topological polar surface area (TPSA) is 59.4 Å². The number of rotatable bonds is 8. The summed E-state index contributed by atoms with van der Waals surface area (Å²) < 4.78 is 52.1. The van der Waals surface area contributed by atoms with E-state index in [0.717, 1.165) is 10.2 Å². The molecule has 0 bridgehead atoms. The maximum Gasteiger partial charge on any atom is 0.250 e. The Balaban J connectivity index is 1.51. The van der Waals surface area contributed by atoms with E-state index in [2.05, 4.69) is 27.8 Å². The molecule has 0 aliphatic carbocycles. The Labute approximate surface area is 231 Å². The molecular formula is C29H24BrF3N4O2. The third kappa shape index (κ3) is 5.35. The average molecular weight is 597 g/mol. The first-order chi connectivity index (χ1) is 18.8. The van der Waals surface area contributed by atoms with Gasteiger partial charge in [-0.1, -0.05) is 22.5 Å². The number of hydrogen-bond acceptors (Lipinski definition) is 4. The molecule has 6 nitrogen and oxygen atoms in total. The molecule has 1 saturated heterocycles. The van der Waals surface area contributed by atoms with Crippen LogP contribution >= 0.6 is 15.9 Å². The molecule has 1 aromatic heterocycles. The van der Waals surface area contributed by atoms with Crippen molar-refractivity contribution in [1.82, 2.24) is 14.7 Å². The zero-order valence-corrected chi connectivity index (χ0v) is 22.5. The van der Waals surface area contributed by atoms with Gasteiger partial charge in [0.05, 0.1) is 11.4 Å². The fraction of sp³-hybridized carbons (Fsp3) is 0.172. The Hall–Kier alpha value is -3.89. The van der Waals surface area contributed by atoms with Crippen LogP contribution in [-0.4, -0.2) is 33.7 Å². The summed E-state index contributed by atoms with van der Waals surface area (Å²) >= 11 is 3.42. The van der Waals surface area contributed by atoms with Crippen LogP contribution in [0.3, 0.4) is 0 Å². The predicted molar refractivity (Wildman–Crippen MR) is 146 cm³/mol. The molecule has 0 radical (unpaired) electrons. The van der Waals surface area contributed by atoms with Gasteiger partial charge in [0.1, 0.15) is 23.9 Å². The number of ether oxygens (including phenoxy) is 1. The smallest absolute Gasteiger partial charge is 0.250 e. The highest BCUT2D eigenvalue weighted by atomic mass is 79.9. The van der Waals surface area contributed by atoms with Gasteiger partial charge in [-0.15, -0.1) is 0 Å². The van der Waals surface area contributed by atoms with Crippen LogP contribution in [0, 0.1) is 24.4 Å². The maximum atomic E-state index is 15.2. The van der Waals surface area contributed by atoms with E-state index in [1.165, 1.54) is 29.3 Å². The van der Waals surface area contributed by atoms with Crippen molar-refractivity contribution >= 4 is 27.5 Å². The standard InChI is InChI=1S/C29H24BrF3N4O2/c1-3-34-27-17(2)14-24(32)22(26(27)33)12-13-36-25(38)16-39-29(36)23-15-37(21-10-6-19(30)7-11-21)35-28(23)18-4-8-20(31)9-5-18/h3-11,14-15,29,34H,1,12-13,16H2,2H3. The molecule has 0 spiro atoms. The van der Waals surface area contributed by atoms with E-state index in [0.29, 0.717) is 22.4 Å². The van der Waals surface area contributed by atoms with Crippen LogP contribution in [0.4, 0.5) is 18.9 Å². The minimum Gasteiger partial charge on any atom is -0.360 e. The van der Waals surface area contributed by atoms with Crippen molar-refractivity contribution in [2.24, 2.45) is 0 Å². The van der Waals surface area contributed by atoms with E-state index in [1.807, 2.05) is 24.3 Å². The van der Waals surface area contributed by atoms with Gasteiger partial charge in [0.25, 0.3) is 5.91 Å². The number of nitrogens with one attached hydrogen (secondary N) is 1. The number of carbonyl (C=O) groups excluding carboxylic acids is 1. The molecule has 200 valence electrons. The fourth-order valence-corrected chi connectivity index (χ4v) is 4.86. The summed E-state index contributed by atoms with van der Waals surface area (Å²) in [6, 6.07) is 14.6. The van der Waals surface area contributed by atoms with E-state index < -0.39 is 23.7 Å². The zero-order valence-electron chi connectivity index (χ0n) is 20.9. The van der Waals surface area contributed by atoms with Gasteiger partial charge in [-0.25, -0.2) is 17.9 Å². The average Bonchev–Trinajstić information content (AvgIpc) is 3.51. The molecule has 0 saturated carbocycles. The molecule has 10 heteroatoms. The highest BCUT2D eigenvalue weighted by Crippen LogP contribution is 2.36. The second-order valence-corrected chi connectivity index (χ2v) is 9.97. The Morgan fingerprint density at radius 3 is 2.56 bits per heavy atom. The number of aryl methyl sites for hydroxylation is 1. The van der Waals surface area contributed by atoms with Crippen LogP contribution in [-0.2, 0) is 16.0 Å². The molecule has 1 atom stereocenters. The molecule has 1 aliphatic heterocycles. The van der Waals surface area contributed by atoms with Crippen molar-refractivity contribution in [3.8, 4) is 16.9 Å². The number of aromatic nitrogens is 2. The van der Waals surface area contributed by atoms with Crippen LogP contribution < -0.4 is 5.32 Å². The molecule has 1 unspecified atom stereocenters. The van der Waals surface area contributed by atoms with Crippen molar-refractivity contribution < 1.29 is 22.7 Å². The Bertz CT molecular complexity index is 1540. The molecule has 1 fully saturated rings. The van der Waals surface area contributed by atoms with Gasteiger partial charge in [0.2, 0.25) is 0 Å². The molecule has 1 N–H and O–H groups in total. The maximum absolute atomic E-state index is 15.2. The number of amides is 1. The predicted octanol–water partition coefficient (Wildman–Crippen LogP) is 6.68. The van der Waals surface area contributed by atoms with Crippen LogP contribution in [0.15, 0.2) is 78.0 Å². The quantitative estimate of drug-likeness (QED) is 0.246. The van der Waals surface area contributed by atoms with E-state index in [9.17, 15) is 13.6 Å². The molecule has 39 heavy (non-hydrogen) atoms. The molecule has 3 aromatic carbocycles. The molecule has 5 rings (SSSR count). The van der Waals surface area contributed by atoms with Crippen LogP contribution in [0.5, 0.6) is 0 Å². The lowest BCUT2D eigenvalue weighted by atomic mass is 10.0. The minimum absolute atomic E-state index is 0.000250.